The number of nitrogens with zero attached hydrogens (tertiary/aromatic N) is 2. The molecule has 31 heavy (non-hydrogen) atoms. The maximum atomic E-state index is 13.6. The fraction of sp³-hybridized carbons (Fsp3) is 0.167. The largest absolute Gasteiger partial charge is 0.378 e. The minimum absolute atomic E-state index is 0.0658. The van der Waals surface area contributed by atoms with Gasteiger partial charge in [0.1, 0.15) is 0 Å². The van der Waals surface area contributed by atoms with Crippen molar-refractivity contribution in [2.75, 3.05) is 29.2 Å². The van der Waals surface area contributed by atoms with Crippen LogP contribution in [0.5, 0.6) is 0 Å². The SMILES string of the molecule is CN(C)c1ccc(C2(C(=O)Nc3ccc(Cl)cc3)CC(=O)N2c2ccc(Cl)cc2)cc1. The van der Waals surface area contributed by atoms with E-state index in [2.05, 4.69) is 5.32 Å². The van der Waals surface area contributed by atoms with Crippen LogP contribution in [0.4, 0.5) is 17.1 Å². The molecule has 2 amide bonds. The number of carbonyl (C=O) groups excluding carboxylic acids is 2. The summed E-state index contributed by atoms with van der Waals surface area (Å²) >= 11 is 12.0. The number of rotatable bonds is 5. The van der Waals surface area contributed by atoms with Gasteiger partial charge in [0.05, 0.1) is 6.42 Å². The average molecular weight is 454 g/mol. The molecule has 1 fully saturated rings. The van der Waals surface area contributed by atoms with E-state index in [1.165, 1.54) is 0 Å². The van der Waals surface area contributed by atoms with Crippen molar-refractivity contribution in [3.63, 3.8) is 0 Å². The molecule has 1 N–H and O–H groups in total. The van der Waals surface area contributed by atoms with E-state index in [4.69, 9.17) is 23.2 Å². The van der Waals surface area contributed by atoms with Gasteiger partial charge in [0.2, 0.25) is 5.91 Å². The van der Waals surface area contributed by atoms with E-state index in [0.717, 1.165) is 11.3 Å². The van der Waals surface area contributed by atoms with Gasteiger partial charge in [-0.1, -0.05) is 35.3 Å². The average Bonchev–Trinajstić information content (AvgIpc) is 2.75. The highest BCUT2D eigenvalue weighted by Crippen LogP contribution is 2.46. The van der Waals surface area contributed by atoms with Gasteiger partial charge in [-0.05, 0) is 66.2 Å². The summed E-state index contributed by atoms with van der Waals surface area (Å²) in [5.74, 6) is -0.424. The quantitative estimate of drug-likeness (QED) is 0.531. The van der Waals surface area contributed by atoms with Crippen molar-refractivity contribution >= 4 is 52.1 Å². The number of hydrogen-bond acceptors (Lipinski definition) is 3. The Balaban J connectivity index is 1.78. The number of hydrogen-bond donors (Lipinski definition) is 1. The minimum atomic E-state index is -1.17. The Labute approximate surface area is 191 Å². The highest BCUT2D eigenvalue weighted by molar-refractivity contribution is 6.31. The molecule has 1 unspecified atom stereocenters. The third-order valence-corrected chi connectivity index (χ3v) is 5.97. The molecule has 1 heterocycles. The Morgan fingerprint density at radius 1 is 0.903 bits per heavy atom. The van der Waals surface area contributed by atoms with E-state index in [9.17, 15) is 9.59 Å². The van der Waals surface area contributed by atoms with Crippen LogP contribution in [0.25, 0.3) is 0 Å². The Kier molecular flexibility index (Phi) is 5.65. The number of carbonyl (C=O) groups is 2. The van der Waals surface area contributed by atoms with Crippen LogP contribution in [-0.4, -0.2) is 25.9 Å². The van der Waals surface area contributed by atoms with Gasteiger partial charge in [0.15, 0.2) is 5.54 Å². The summed E-state index contributed by atoms with van der Waals surface area (Å²) < 4.78 is 0. The van der Waals surface area contributed by atoms with Crippen LogP contribution >= 0.6 is 23.2 Å². The maximum absolute atomic E-state index is 13.6. The molecule has 1 aliphatic rings. The lowest BCUT2D eigenvalue weighted by Gasteiger charge is -2.50. The first-order valence-electron chi connectivity index (χ1n) is 9.75. The van der Waals surface area contributed by atoms with E-state index in [1.54, 1.807) is 53.4 Å². The van der Waals surface area contributed by atoms with Crippen molar-refractivity contribution in [1.82, 2.24) is 0 Å². The topological polar surface area (TPSA) is 52.7 Å². The molecule has 1 aliphatic heterocycles. The summed E-state index contributed by atoms with van der Waals surface area (Å²) in [6.45, 7) is 0. The van der Waals surface area contributed by atoms with Gasteiger partial charge in [-0.25, -0.2) is 0 Å². The summed E-state index contributed by atoms with van der Waals surface area (Å²) in [6.07, 6.45) is 0.0658. The van der Waals surface area contributed by atoms with Gasteiger partial charge < -0.3 is 10.2 Å². The first-order chi connectivity index (χ1) is 14.8. The molecule has 0 aliphatic carbocycles. The highest BCUT2D eigenvalue weighted by Gasteiger charge is 2.58. The number of amides is 2. The van der Waals surface area contributed by atoms with Gasteiger partial charge in [-0.3, -0.25) is 14.5 Å². The van der Waals surface area contributed by atoms with Crippen molar-refractivity contribution in [2.45, 2.75) is 12.0 Å². The minimum Gasteiger partial charge on any atom is -0.378 e. The Morgan fingerprint density at radius 2 is 1.45 bits per heavy atom. The van der Waals surface area contributed by atoms with Crippen LogP contribution in [0.2, 0.25) is 10.0 Å². The molecule has 0 spiro atoms. The highest BCUT2D eigenvalue weighted by atomic mass is 35.5. The molecule has 7 heteroatoms. The second-order valence-corrected chi connectivity index (χ2v) is 8.52. The number of benzene rings is 3. The van der Waals surface area contributed by atoms with Gasteiger partial charge in [0.25, 0.3) is 5.91 Å². The van der Waals surface area contributed by atoms with E-state index in [1.807, 2.05) is 43.3 Å². The zero-order valence-electron chi connectivity index (χ0n) is 17.1. The molecule has 1 saturated heterocycles. The fourth-order valence-electron chi connectivity index (χ4n) is 3.80. The van der Waals surface area contributed by atoms with E-state index in [0.29, 0.717) is 21.4 Å². The molecule has 3 aromatic carbocycles. The molecule has 4 rings (SSSR count). The molecule has 3 aromatic rings. The first-order valence-corrected chi connectivity index (χ1v) is 10.5. The molecule has 158 valence electrons. The van der Waals surface area contributed by atoms with Gasteiger partial charge in [-0.15, -0.1) is 0 Å². The zero-order chi connectivity index (χ0) is 22.2. The summed E-state index contributed by atoms with van der Waals surface area (Å²) in [7, 11) is 3.90. The smallest absolute Gasteiger partial charge is 0.255 e. The van der Waals surface area contributed by atoms with Crippen LogP contribution in [0, 0.1) is 0 Å². The van der Waals surface area contributed by atoms with E-state index >= 15 is 0 Å². The number of anilines is 3. The predicted octanol–water partition coefficient (Wildman–Crippen LogP) is 5.33. The molecule has 0 radical (unpaired) electrons. The lowest BCUT2D eigenvalue weighted by Crippen LogP contribution is -2.67. The molecule has 0 aromatic heterocycles. The lowest BCUT2D eigenvalue weighted by molar-refractivity contribution is -0.137. The first kappa shape index (κ1) is 21.2. The second kappa shape index (κ2) is 8.25. The van der Waals surface area contributed by atoms with Crippen LogP contribution in [-0.2, 0) is 15.1 Å². The van der Waals surface area contributed by atoms with Crippen molar-refractivity contribution in [3.8, 4) is 0 Å². The summed E-state index contributed by atoms with van der Waals surface area (Å²) in [5, 5.41) is 4.09. The normalized spacial score (nSPS) is 17.8. The van der Waals surface area contributed by atoms with Gasteiger partial charge in [-0.2, -0.15) is 0 Å². The van der Waals surface area contributed by atoms with Crippen LogP contribution < -0.4 is 15.1 Å². The Bertz CT molecular complexity index is 1110. The van der Waals surface area contributed by atoms with Crippen molar-refractivity contribution in [3.05, 3.63) is 88.4 Å². The predicted molar refractivity (Wildman–Crippen MR) is 126 cm³/mol. The van der Waals surface area contributed by atoms with Crippen LogP contribution in [0.15, 0.2) is 72.8 Å². The second-order valence-electron chi connectivity index (χ2n) is 7.64. The number of halogens is 2. The van der Waals surface area contributed by atoms with E-state index in [-0.39, 0.29) is 18.2 Å². The molecule has 1 atom stereocenters. The standard InChI is InChI=1S/C24H21Cl2N3O2/c1-28(2)20-11-3-16(4-12-20)24(23(31)27-19-9-5-17(25)6-10-19)15-22(30)29(24)21-13-7-18(26)8-14-21/h3-14H,15H2,1-2H3,(H,27,31). The third kappa shape index (κ3) is 3.87. The van der Waals surface area contributed by atoms with Crippen LogP contribution in [0.3, 0.4) is 0 Å². The summed E-state index contributed by atoms with van der Waals surface area (Å²) in [5.41, 5.74) is 1.78. The fourth-order valence-corrected chi connectivity index (χ4v) is 4.05. The zero-order valence-corrected chi connectivity index (χ0v) is 18.6. The molecule has 0 saturated carbocycles. The number of nitrogens with one attached hydrogen (secondary N) is 1. The Hall–Kier alpha value is -3.02. The van der Waals surface area contributed by atoms with Gasteiger partial charge in [0, 0.05) is 41.2 Å². The third-order valence-electron chi connectivity index (χ3n) is 5.46. The van der Waals surface area contributed by atoms with Crippen LogP contribution in [0.1, 0.15) is 12.0 Å². The summed E-state index contributed by atoms with van der Waals surface area (Å²) in [6, 6.07) is 21.5. The molecule has 5 nitrogen and oxygen atoms in total. The van der Waals surface area contributed by atoms with Crippen molar-refractivity contribution in [1.29, 1.82) is 0 Å². The summed E-state index contributed by atoms with van der Waals surface area (Å²) in [4.78, 5) is 29.9. The van der Waals surface area contributed by atoms with Crippen molar-refractivity contribution < 1.29 is 9.59 Å². The monoisotopic (exact) mass is 453 g/mol. The number of β-lactam (4-membered cyclic amide) rings is 1. The van der Waals surface area contributed by atoms with Gasteiger partial charge >= 0.3 is 0 Å². The molecule has 0 bridgehead atoms. The molecular weight excluding hydrogens is 433 g/mol. The molecular formula is C24H21Cl2N3O2. The Morgan fingerprint density at radius 3 is 1.97 bits per heavy atom. The van der Waals surface area contributed by atoms with Crippen molar-refractivity contribution in [2.24, 2.45) is 0 Å². The lowest BCUT2D eigenvalue weighted by atomic mass is 9.76. The maximum Gasteiger partial charge on any atom is 0.255 e. The van der Waals surface area contributed by atoms with E-state index < -0.39 is 5.54 Å².